The molecule has 2 aromatic carbocycles. The fourth-order valence-electron chi connectivity index (χ4n) is 1.85. The summed E-state index contributed by atoms with van der Waals surface area (Å²) in [4.78, 5) is 0. The summed E-state index contributed by atoms with van der Waals surface area (Å²) in [6, 6.07) is 10.4. The van der Waals surface area contributed by atoms with Gasteiger partial charge in [0.15, 0.2) is 0 Å². The summed E-state index contributed by atoms with van der Waals surface area (Å²) in [5.41, 5.74) is 7.74. The van der Waals surface area contributed by atoms with E-state index in [1.54, 1.807) is 12.1 Å². The van der Waals surface area contributed by atoms with E-state index < -0.39 is 0 Å². The summed E-state index contributed by atoms with van der Waals surface area (Å²) < 4.78 is 16.5. The van der Waals surface area contributed by atoms with Gasteiger partial charge in [-0.25, -0.2) is 4.39 Å². The monoisotopic (exact) mass is 449 g/mol. The number of nitrogens with two attached hydrogens (primary N) is 1. The predicted octanol–water partition coefficient (Wildman–Crippen LogP) is 5.36. The molecule has 19 heavy (non-hydrogen) atoms. The van der Waals surface area contributed by atoms with E-state index in [2.05, 4.69) is 47.8 Å². The zero-order valence-corrected chi connectivity index (χ0v) is 14.6. The van der Waals surface area contributed by atoms with E-state index in [1.165, 1.54) is 6.07 Å². The second-order valence-electron chi connectivity index (χ2n) is 4.21. The number of benzene rings is 2. The van der Waals surface area contributed by atoms with Gasteiger partial charge in [0.05, 0.1) is 0 Å². The van der Waals surface area contributed by atoms with Gasteiger partial charge in [0.1, 0.15) is 5.82 Å². The Kier molecular flexibility index (Phi) is 5.17. The Labute approximate surface area is 136 Å². The smallest absolute Gasteiger partial charge is 0.126 e. The van der Waals surface area contributed by atoms with Crippen LogP contribution in [0.4, 0.5) is 4.39 Å². The highest BCUT2D eigenvalue weighted by atomic mass is 79.9. The molecule has 1 unspecified atom stereocenters. The van der Waals surface area contributed by atoms with E-state index in [-0.39, 0.29) is 11.9 Å². The number of halogens is 4. The molecule has 0 aliphatic carbocycles. The van der Waals surface area contributed by atoms with Crippen molar-refractivity contribution in [2.75, 3.05) is 0 Å². The first-order chi connectivity index (χ1) is 8.97. The molecule has 0 aliphatic rings. The normalized spacial score (nSPS) is 12.5. The average Bonchev–Trinajstić information content (AvgIpc) is 2.33. The summed E-state index contributed by atoms with van der Waals surface area (Å²) >= 11 is 10.2. The van der Waals surface area contributed by atoms with Crippen LogP contribution < -0.4 is 5.73 Å². The van der Waals surface area contributed by atoms with Gasteiger partial charge in [-0.3, -0.25) is 0 Å². The highest BCUT2D eigenvalue weighted by molar-refractivity contribution is 9.11. The fraction of sp³-hybridized carbons (Fsp3) is 0.143. The van der Waals surface area contributed by atoms with Crippen LogP contribution in [0.25, 0.3) is 0 Å². The van der Waals surface area contributed by atoms with Crippen molar-refractivity contribution in [2.45, 2.75) is 12.5 Å². The van der Waals surface area contributed by atoms with E-state index >= 15 is 0 Å². The van der Waals surface area contributed by atoms with Crippen molar-refractivity contribution < 1.29 is 4.39 Å². The van der Waals surface area contributed by atoms with Gasteiger partial charge >= 0.3 is 0 Å². The van der Waals surface area contributed by atoms with Crippen molar-refractivity contribution in [2.24, 2.45) is 5.73 Å². The molecule has 2 N–H and O–H groups in total. The lowest BCUT2D eigenvalue weighted by Gasteiger charge is -2.15. The average molecular weight is 452 g/mol. The molecule has 5 heteroatoms. The van der Waals surface area contributed by atoms with Gasteiger partial charge in [0.25, 0.3) is 0 Å². The van der Waals surface area contributed by atoms with Gasteiger partial charge in [0.2, 0.25) is 0 Å². The minimum atomic E-state index is -0.258. The molecule has 0 heterocycles. The third kappa shape index (κ3) is 3.88. The van der Waals surface area contributed by atoms with Crippen LogP contribution in [0.2, 0.25) is 0 Å². The molecule has 0 fully saturated rings. The lowest BCUT2D eigenvalue weighted by Crippen LogP contribution is -2.14. The Balaban J connectivity index is 2.25. The van der Waals surface area contributed by atoms with E-state index in [0.29, 0.717) is 12.0 Å². The van der Waals surface area contributed by atoms with Gasteiger partial charge in [-0.05, 0) is 47.9 Å². The minimum absolute atomic E-state index is 0.230. The maximum atomic E-state index is 13.7. The first kappa shape index (κ1) is 15.2. The Bertz CT molecular complexity index is 601. The molecular weight excluding hydrogens is 441 g/mol. The van der Waals surface area contributed by atoms with Gasteiger partial charge < -0.3 is 5.73 Å². The van der Waals surface area contributed by atoms with Crippen LogP contribution in [0.15, 0.2) is 49.8 Å². The summed E-state index contributed by atoms with van der Waals surface area (Å²) in [6.07, 6.45) is 0.450. The van der Waals surface area contributed by atoms with Crippen molar-refractivity contribution >= 4 is 47.8 Å². The van der Waals surface area contributed by atoms with Crippen LogP contribution in [0.5, 0.6) is 0 Å². The standard InChI is InChI=1S/C14H11Br3FN/c15-9-2-4-13(18)8(5-9)6-14(19)11-3-1-10(16)7-12(11)17/h1-5,7,14H,6,19H2. The van der Waals surface area contributed by atoms with Crippen LogP contribution in [0, 0.1) is 5.82 Å². The first-order valence-electron chi connectivity index (χ1n) is 5.62. The summed E-state index contributed by atoms with van der Waals surface area (Å²) in [7, 11) is 0. The second kappa shape index (κ2) is 6.48. The zero-order chi connectivity index (χ0) is 14.0. The van der Waals surface area contributed by atoms with E-state index in [1.807, 2.05) is 18.2 Å². The number of hydrogen-bond donors (Lipinski definition) is 1. The largest absolute Gasteiger partial charge is 0.324 e. The van der Waals surface area contributed by atoms with E-state index in [9.17, 15) is 4.39 Å². The molecule has 0 saturated carbocycles. The molecular formula is C14H11Br3FN. The quantitative estimate of drug-likeness (QED) is 0.668. The molecule has 2 rings (SSSR count). The van der Waals surface area contributed by atoms with E-state index in [4.69, 9.17) is 5.73 Å². The molecule has 0 aromatic heterocycles. The molecule has 0 spiro atoms. The van der Waals surface area contributed by atoms with Crippen LogP contribution in [0.3, 0.4) is 0 Å². The lowest BCUT2D eigenvalue weighted by molar-refractivity contribution is 0.592. The maximum absolute atomic E-state index is 13.7. The SMILES string of the molecule is NC(Cc1cc(Br)ccc1F)c1ccc(Br)cc1Br. The van der Waals surface area contributed by atoms with Gasteiger partial charge in [-0.2, -0.15) is 0 Å². The molecule has 0 amide bonds. The molecule has 1 nitrogen and oxygen atoms in total. The van der Waals surface area contributed by atoms with Crippen molar-refractivity contribution in [3.8, 4) is 0 Å². The third-order valence-electron chi connectivity index (χ3n) is 2.81. The van der Waals surface area contributed by atoms with Gasteiger partial charge in [-0.15, -0.1) is 0 Å². The molecule has 0 aliphatic heterocycles. The number of rotatable bonds is 3. The Morgan fingerprint density at radius 3 is 2.32 bits per heavy atom. The zero-order valence-electron chi connectivity index (χ0n) is 9.84. The summed E-state index contributed by atoms with van der Waals surface area (Å²) in [6.45, 7) is 0. The molecule has 100 valence electrons. The van der Waals surface area contributed by atoms with Crippen LogP contribution in [0.1, 0.15) is 17.2 Å². The Morgan fingerprint density at radius 2 is 1.63 bits per heavy atom. The fourth-order valence-corrected chi connectivity index (χ4v) is 3.60. The third-order valence-corrected chi connectivity index (χ3v) is 4.48. The summed E-state index contributed by atoms with van der Waals surface area (Å²) in [5.74, 6) is -0.230. The summed E-state index contributed by atoms with van der Waals surface area (Å²) in [5, 5.41) is 0. The van der Waals surface area contributed by atoms with E-state index in [0.717, 1.165) is 19.0 Å². The highest BCUT2D eigenvalue weighted by Crippen LogP contribution is 2.28. The lowest BCUT2D eigenvalue weighted by atomic mass is 9.99. The second-order valence-corrected chi connectivity index (χ2v) is 6.90. The minimum Gasteiger partial charge on any atom is -0.324 e. The first-order valence-corrected chi connectivity index (χ1v) is 7.99. The van der Waals surface area contributed by atoms with Crippen molar-refractivity contribution in [3.63, 3.8) is 0 Å². The van der Waals surface area contributed by atoms with Crippen molar-refractivity contribution in [3.05, 3.63) is 66.8 Å². The Hall–Kier alpha value is -0.230. The molecule has 2 aromatic rings. The predicted molar refractivity (Wildman–Crippen MR) is 86.6 cm³/mol. The topological polar surface area (TPSA) is 26.0 Å². The van der Waals surface area contributed by atoms with Crippen LogP contribution in [-0.2, 0) is 6.42 Å². The van der Waals surface area contributed by atoms with Crippen LogP contribution in [-0.4, -0.2) is 0 Å². The molecule has 1 atom stereocenters. The molecule has 0 radical (unpaired) electrons. The van der Waals surface area contributed by atoms with Gasteiger partial charge in [-0.1, -0.05) is 53.9 Å². The van der Waals surface area contributed by atoms with Crippen LogP contribution >= 0.6 is 47.8 Å². The Morgan fingerprint density at radius 1 is 1.00 bits per heavy atom. The number of hydrogen-bond acceptors (Lipinski definition) is 1. The van der Waals surface area contributed by atoms with Crippen molar-refractivity contribution in [1.82, 2.24) is 0 Å². The maximum Gasteiger partial charge on any atom is 0.126 e. The van der Waals surface area contributed by atoms with Crippen molar-refractivity contribution in [1.29, 1.82) is 0 Å². The molecule has 0 bridgehead atoms. The molecule has 0 saturated heterocycles. The highest BCUT2D eigenvalue weighted by Gasteiger charge is 2.13. The van der Waals surface area contributed by atoms with Gasteiger partial charge in [0, 0.05) is 19.5 Å².